The second-order valence-electron chi connectivity index (χ2n) is 6.18. The van der Waals surface area contributed by atoms with Crippen molar-refractivity contribution in [3.63, 3.8) is 0 Å². The van der Waals surface area contributed by atoms with Crippen LogP contribution in [0.25, 0.3) is 0 Å². The summed E-state index contributed by atoms with van der Waals surface area (Å²) in [5.74, 6) is 3.87. The summed E-state index contributed by atoms with van der Waals surface area (Å²) >= 11 is 0. The van der Waals surface area contributed by atoms with E-state index in [9.17, 15) is 0 Å². The molecule has 0 bridgehead atoms. The second kappa shape index (κ2) is 6.63. The van der Waals surface area contributed by atoms with E-state index in [1.165, 1.54) is 16.7 Å². The quantitative estimate of drug-likeness (QED) is 0.830. The van der Waals surface area contributed by atoms with Crippen LogP contribution in [0.3, 0.4) is 0 Å². The lowest BCUT2D eigenvalue weighted by Crippen LogP contribution is -2.06. The van der Waals surface area contributed by atoms with Crippen molar-refractivity contribution in [2.75, 3.05) is 28.4 Å². The molecule has 4 nitrogen and oxygen atoms in total. The molecule has 4 heteroatoms. The Morgan fingerprint density at radius 3 is 1.96 bits per heavy atom. The molecule has 0 radical (unpaired) electrons. The Morgan fingerprint density at radius 1 is 0.750 bits per heavy atom. The highest BCUT2D eigenvalue weighted by Gasteiger charge is 2.32. The van der Waals surface area contributed by atoms with Crippen LogP contribution in [0.15, 0.2) is 30.3 Å². The van der Waals surface area contributed by atoms with Gasteiger partial charge >= 0.3 is 0 Å². The van der Waals surface area contributed by atoms with Gasteiger partial charge < -0.3 is 18.9 Å². The Morgan fingerprint density at radius 2 is 1.33 bits per heavy atom. The summed E-state index contributed by atoms with van der Waals surface area (Å²) in [6.45, 7) is 2.28. The first-order valence-electron chi connectivity index (χ1n) is 8.09. The first-order chi connectivity index (χ1) is 11.6. The zero-order valence-electron chi connectivity index (χ0n) is 14.9. The minimum absolute atomic E-state index is 0.305. The number of hydrogen-bond acceptors (Lipinski definition) is 4. The topological polar surface area (TPSA) is 36.9 Å². The number of benzene rings is 2. The molecule has 0 fully saturated rings. The van der Waals surface area contributed by atoms with E-state index in [1.54, 1.807) is 28.4 Å². The van der Waals surface area contributed by atoms with E-state index in [0.29, 0.717) is 11.8 Å². The van der Waals surface area contributed by atoms with Gasteiger partial charge in [0.1, 0.15) is 0 Å². The van der Waals surface area contributed by atoms with Crippen molar-refractivity contribution in [3.8, 4) is 23.0 Å². The fourth-order valence-electron chi connectivity index (χ4n) is 3.73. The number of ether oxygens (including phenoxy) is 4. The predicted octanol–water partition coefficient (Wildman–Crippen LogP) is 4.05. The maximum atomic E-state index is 5.49. The van der Waals surface area contributed by atoms with Gasteiger partial charge in [0.05, 0.1) is 28.4 Å². The van der Waals surface area contributed by atoms with Gasteiger partial charge in [-0.15, -0.1) is 0 Å². The van der Waals surface area contributed by atoms with Crippen LogP contribution in [0.2, 0.25) is 0 Å². The minimum Gasteiger partial charge on any atom is -0.493 e. The SMILES string of the molecule is COc1ccc([C@H]2c3cc(OC)c(OC)cc3C[C@@H]2C)cc1OC. The zero-order chi connectivity index (χ0) is 17.3. The third kappa shape index (κ3) is 2.66. The van der Waals surface area contributed by atoms with Gasteiger partial charge in [-0.25, -0.2) is 0 Å². The molecule has 2 atom stereocenters. The molecule has 1 aliphatic carbocycles. The van der Waals surface area contributed by atoms with Crippen LogP contribution in [0.5, 0.6) is 23.0 Å². The molecule has 0 unspecified atom stereocenters. The minimum atomic E-state index is 0.305. The standard InChI is InChI=1S/C20H24O4/c1-12-8-14-10-18(23-4)19(24-5)11-15(14)20(12)13-6-7-16(21-2)17(9-13)22-3/h6-7,9-12,20H,8H2,1-5H3/t12-,20-/m0/s1. The molecule has 0 saturated carbocycles. The third-order valence-electron chi connectivity index (χ3n) is 4.86. The van der Waals surface area contributed by atoms with E-state index in [1.807, 2.05) is 6.07 Å². The lowest BCUT2D eigenvalue weighted by molar-refractivity contribution is 0.353. The molecule has 0 heterocycles. The molecule has 0 aromatic heterocycles. The maximum absolute atomic E-state index is 5.49. The van der Waals surface area contributed by atoms with E-state index < -0.39 is 0 Å². The van der Waals surface area contributed by atoms with Crippen molar-refractivity contribution in [1.82, 2.24) is 0 Å². The molecule has 3 rings (SSSR count). The lowest BCUT2D eigenvalue weighted by Gasteiger charge is -2.20. The van der Waals surface area contributed by atoms with E-state index in [-0.39, 0.29) is 0 Å². The summed E-state index contributed by atoms with van der Waals surface area (Å²) in [6.07, 6.45) is 1.02. The van der Waals surface area contributed by atoms with Crippen molar-refractivity contribution in [1.29, 1.82) is 0 Å². The summed E-state index contributed by atoms with van der Waals surface area (Å²) < 4.78 is 21.8. The molecular weight excluding hydrogens is 304 g/mol. The van der Waals surface area contributed by atoms with E-state index in [4.69, 9.17) is 18.9 Å². The Kier molecular flexibility index (Phi) is 4.56. The number of methoxy groups -OCH3 is 4. The van der Waals surface area contributed by atoms with Crippen molar-refractivity contribution in [3.05, 3.63) is 47.0 Å². The molecule has 1 aliphatic rings. The smallest absolute Gasteiger partial charge is 0.161 e. The van der Waals surface area contributed by atoms with Crippen LogP contribution in [0.1, 0.15) is 29.5 Å². The van der Waals surface area contributed by atoms with Crippen LogP contribution >= 0.6 is 0 Å². The number of fused-ring (bicyclic) bond motifs is 1. The Balaban J connectivity index is 2.08. The van der Waals surface area contributed by atoms with Crippen molar-refractivity contribution < 1.29 is 18.9 Å². The van der Waals surface area contributed by atoms with Gasteiger partial charge in [0, 0.05) is 5.92 Å². The largest absolute Gasteiger partial charge is 0.493 e. The molecule has 0 amide bonds. The molecule has 2 aromatic rings. The maximum Gasteiger partial charge on any atom is 0.161 e. The molecular formula is C20H24O4. The average molecular weight is 328 g/mol. The molecule has 0 N–H and O–H groups in total. The molecule has 24 heavy (non-hydrogen) atoms. The molecule has 2 aromatic carbocycles. The van der Waals surface area contributed by atoms with E-state index in [0.717, 1.165) is 29.4 Å². The molecule has 0 aliphatic heterocycles. The first kappa shape index (κ1) is 16.5. The highest BCUT2D eigenvalue weighted by atomic mass is 16.5. The fourth-order valence-corrected chi connectivity index (χ4v) is 3.73. The van der Waals surface area contributed by atoms with Crippen LogP contribution < -0.4 is 18.9 Å². The summed E-state index contributed by atoms with van der Waals surface area (Å²) in [7, 11) is 6.67. The lowest BCUT2D eigenvalue weighted by atomic mass is 9.86. The Labute approximate surface area is 143 Å². The molecule has 0 spiro atoms. The monoisotopic (exact) mass is 328 g/mol. The predicted molar refractivity (Wildman–Crippen MR) is 93.8 cm³/mol. The molecule has 0 saturated heterocycles. The fraction of sp³-hybridized carbons (Fsp3) is 0.400. The first-order valence-corrected chi connectivity index (χ1v) is 8.09. The summed E-state index contributed by atoms with van der Waals surface area (Å²) in [5, 5.41) is 0. The molecule has 128 valence electrons. The van der Waals surface area contributed by atoms with Crippen molar-refractivity contribution in [2.24, 2.45) is 5.92 Å². The Bertz CT molecular complexity index is 739. The third-order valence-corrected chi connectivity index (χ3v) is 4.86. The van der Waals surface area contributed by atoms with Gasteiger partial charge in [-0.2, -0.15) is 0 Å². The van der Waals surface area contributed by atoms with Crippen LogP contribution in [0.4, 0.5) is 0 Å². The van der Waals surface area contributed by atoms with Gasteiger partial charge in [0.25, 0.3) is 0 Å². The highest BCUT2D eigenvalue weighted by Crippen LogP contribution is 2.47. The van der Waals surface area contributed by atoms with E-state index in [2.05, 4.69) is 31.2 Å². The number of rotatable bonds is 5. The van der Waals surface area contributed by atoms with Gasteiger partial charge in [-0.3, -0.25) is 0 Å². The summed E-state index contributed by atoms with van der Waals surface area (Å²) in [4.78, 5) is 0. The highest BCUT2D eigenvalue weighted by molar-refractivity contribution is 5.55. The van der Waals surface area contributed by atoms with Crippen LogP contribution in [-0.4, -0.2) is 28.4 Å². The van der Waals surface area contributed by atoms with Gasteiger partial charge in [-0.05, 0) is 53.3 Å². The van der Waals surface area contributed by atoms with Crippen LogP contribution in [-0.2, 0) is 6.42 Å². The Hall–Kier alpha value is -2.36. The summed E-state index contributed by atoms with van der Waals surface area (Å²) in [6, 6.07) is 10.4. The second-order valence-corrected chi connectivity index (χ2v) is 6.18. The number of hydrogen-bond donors (Lipinski definition) is 0. The van der Waals surface area contributed by atoms with Gasteiger partial charge in [0.2, 0.25) is 0 Å². The average Bonchev–Trinajstić information content (AvgIpc) is 2.94. The van der Waals surface area contributed by atoms with Gasteiger partial charge in [0.15, 0.2) is 23.0 Å². The van der Waals surface area contributed by atoms with E-state index >= 15 is 0 Å². The van der Waals surface area contributed by atoms with Crippen molar-refractivity contribution >= 4 is 0 Å². The summed E-state index contributed by atoms with van der Waals surface area (Å²) in [5.41, 5.74) is 3.85. The van der Waals surface area contributed by atoms with Gasteiger partial charge in [-0.1, -0.05) is 13.0 Å². The van der Waals surface area contributed by atoms with Crippen LogP contribution in [0, 0.1) is 5.92 Å². The normalized spacial score (nSPS) is 18.9. The van der Waals surface area contributed by atoms with Crippen molar-refractivity contribution in [2.45, 2.75) is 19.3 Å². The zero-order valence-corrected chi connectivity index (χ0v) is 14.9.